The summed E-state index contributed by atoms with van der Waals surface area (Å²) in [4.78, 5) is 10.0. The molecule has 0 aromatic carbocycles. The average molecular weight is 356 g/mol. The summed E-state index contributed by atoms with van der Waals surface area (Å²) in [5.74, 6) is -1.09. The monoisotopic (exact) mass is 355 g/mol. The van der Waals surface area contributed by atoms with Gasteiger partial charge in [-0.15, -0.1) is 13.2 Å². The number of unbranched alkanes of at least 4 members (excludes halogenated alkanes) is 8. The van der Waals surface area contributed by atoms with Crippen LogP contribution in [0.3, 0.4) is 0 Å². The highest BCUT2D eigenvalue weighted by atomic mass is 16.4. The van der Waals surface area contributed by atoms with E-state index in [2.05, 4.69) is 6.92 Å². The zero-order valence-electron chi connectivity index (χ0n) is 17.1. The summed E-state index contributed by atoms with van der Waals surface area (Å²) in [5, 5.41) is 27.9. The maximum absolute atomic E-state index is 10.0. The Labute approximate surface area is 149 Å². The zero-order valence-corrected chi connectivity index (χ0v) is 17.1. The smallest absolute Gasteiger partial charge is 0.0639 e. The predicted molar refractivity (Wildman–Crippen MR) is 100 cm³/mol. The van der Waals surface area contributed by atoms with Crippen LogP contribution in [0.2, 0.25) is 0 Å². The molecule has 0 amide bonds. The van der Waals surface area contributed by atoms with Crippen molar-refractivity contribution in [3.63, 3.8) is 0 Å². The van der Waals surface area contributed by atoms with Crippen LogP contribution in [0.1, 0.15) is 78.6 Å². The number of hydrogen-bond donors (Lipinski definition) is 3. The second-order valence-electron chi connectivity index (χ2n) is 4.56. The Balaban J connectivity index is -0.0000000786. The topological polar surface area (TPSA) is 196 Å². The van der Waals surface area contributed by atoms with Crippen molar-refractivity contribution in [3.05, 3.63) is 12.2 Å². The first kappa shape index (κ1) is 38.5. The van der Waals surface area contributed by atoms with Crippen LogP contribution in [-0.2, 0) is 4.79 Å². The van der Waals surface area contributed by atoms with Gasteiger partial charge in [-0.25, -0.2) is 0 Å². The van der Waals surface area contributed by atoms with Crippen molar-refractivity contribution in [1.29, 1.82) is 0 Å². The zero-order chi connectivity index (χ0) is 16.8. The van der Waals surface area contributed by atoms with Gasteiger partial charge in [0, 0.05) is 0 Å². The van der Waals surface area contributed by atoms with Gasteiger partial charge < -0.3 is 38.6 Å². The summed E-state index contributed by atoms with van der Waals surface area (Å²) in [6.07, 6.45) is 14.0. The van der Waals surface area contributed by atoms with E-state index in [9.17, 15) is 9.90 Å². The number of rotatable bonds is 10. The van der Waals surface area contributed by atoms with Crippen molar-refractivity contribution >= 4 is 5.97 Å². The van der Waals surface area contributed by atoms with Gasteiger partial charge in [-0.2, -0.15) is 0 Å². The average Bonchev–Trinajstić information content (AvgIpc) is 2.42. The molecule has 0 aromatic rings. The predicted octanol–water partition coefficient (Wildman–Crippen LogP) is 2.69. The summed E-state index contributed by atoms with van der Waals surface area (Å²) in [6.45, 7) is 5.36. The normalized spacial score (nSPS) is 8.38. The first-order chi connectivity index (χ1) is 10.1. The van der Waals surface area contributed by atoms with Crippen LogP contribution < -0.4 is 33.8 Å². The Morgan fingerprint density at radius 1 is 0.750 bits per heavy atom. The third-order valence-corrected chi connectivity index (χ3v) is 2.48. The lowest BCUT2D eigenvalue weighted by atomic mass is 10.1. The molecule has 0 atom stereocenters. The van der Waals surface area contributed by atoms with Gasteiger partial charge >= 0.3 is 0 Å². The van der Waals surface area contributed by atoms with E-state index in [0.717, 1.165) is 18.9 Å². The lowest BCUT2D eigenvalue weighted by Crippen LogP contribution is -2.18. The van der Waals surface area contributed by atoms with E-state index in [1.165, 1.54) is 44.9 Å². The van der Waals surface area contributed by atoms with E-state index in [0.29, 0.717) is 0 Å². The molecule has 0 aliphatic rings. The van der Waals surface area contributed by atoms with Gasteiger partial charge in [-0.05, 0) is 18.9 Å². The minimum atomic E-state index is -1.09. The quantitative estimate of drug-likeness (QED) is 0.400. The molecule has 0 saturated heterocycles. The van der Waals surface area contributed by atoms with E-state index < -0.39 is 5.97 Å². The number of allylic oxidation sites excluding steroid dienone is 1. The molecule has 0 unspecified atom stereocenters. The minimum absolute atomic E-state index is 0. The number of aliphatic carboxylic acids is 1. The van der Waals surface area contributed by atoms with Gasteiger partial charge in [0.2, 0.25) is 0 Å². The number of carboxylic acids is 1. The van der Waals surface area contributed by atoms with Crippen LogP contribution in [0.25, 0.3) is 0 Å². The van der Waals surface area contributed by atoms with Crippen LogP contribution in [0.5, 0.6) is 0 Å². The highest BCUT2D eigenvalue weighted by molar-refractivity contribution is 5.77. The highest BCUT2D eigenvalue weighted by Gasteiger charge is 1.90. The van der Waals surface area contributed by atoms with E-state index >= 15 is 0 Å². The van der Waals surface area contributed by atoms with Crippen LogP contribution in [0.15, 0.2) is 12.2 Å². The summed E-state index contributed by atoms with van der Waals surface area (Å²) in [7, 11) is 0. The molecule has 0 heterocycles. The largest absolute Gasteiger partial charge is 0.855 e. The van der Waals surface area contributed by atoms with Crippen molar-refractivity contribution in [1.82, 2.24) is 18.5 Å². The molecule has 0 radical (unpaired) electrons. The van der Waals surface area contributed by atoms with Crippen molar-refractivity contribution in [2.45, 2.75) is 78.6 Å². The van der Waals surface area contributed by atoms with Crippen molar-refractivity contribution in [2.24, 2.45) is 0 Å². The Hall–Kier alpha value is -0.990. The molecular formula is C17H45N3O4. The summed E-state index contributed by atoms with van der Waals surface area (Å²) >= 11 is 0. The molecule has 24 heavy (non-hydrogen) atoms. The third kappa shape index (κ3) is 69.4. The van der Waals surface area contributed by atoms with Gasteiger partial charge in [0.05, 0.1) is 5.97 Å². The Kier molecular flexibility index (Phi) is 69.2. The fraction of sp³-hybridized carbons (Fsp3) is 0.824. The van der Waals surface area contributed by atoms with E-state index in [1.807, 2.05) is 0 Å². The molecule has 7 nitrogen and oxygen atoms in total. The lowest BCUT2D eigenvalue weighted by Gasteiger charge is -1.99. The van der Waals surface area contributed by atoms with Gasteiger partial charge in [0.15, 0.2) is 0 Å². The summed E-state index contributed by atoms with van der Waals surface area (Å²) in [6, 6.07) is 0. The molecule has 0 rings (SSSR count). The molecule has 0 bridgehead atoms. The van der Waals surface area contributed by atoms with E-state index in [-0.39, 0.29) is 31.7 Å². The van der Waals surface area contributed by atoms with Gasteiger partial charge in [0.25, 0.3) is 0 Å². The summed E-state index contributed by atoms with van der Waals surface area (Å²) in [5.41, 5.74) is 0. The molecule has 0 aliphatic heterocycles. The summed E-state index contributed by atoms with van der Waals surface area (Å²) < 4.78 is 0. The van der Waals surface area contributed by atoms with Crippen LogP contribution in [0.4, 0.5) is 0 Å². The number of hydrogen-bond acceptors (Lipinski definition) is 4. The second-order valence-corrected chi connectivity index (χ2v) is 4.56. The van der Waals surface area contributed by atoms with Crippen molar-refractivity contribution in [2.75, 3.05) is 13.2 Å². The third-order valence-electron chi connectivity index (χ3n) is 2.48. The molecule has 0 fully saturated rings. The van der Waals surface area contributed by atoms with Gasteiger partial charge in [0.1, 0.15) is 0 Å². The molecule has 0 aliphatic carbocycles. The molecule has 7 heteroatoms. The fourth-order valence-corrected chi connectivity index (χ4v) is 1.58. The number of carboxylic acid groups (broad SMARTS) is 1. The second kappa shape index (κ2) is 43.1. The standard InChI is InChI=1S/C13H24O2.2C2H5O.3H3N/c1-2-3-4-5-6-7-8-9-10-11-12-13(14)15;2*1-2-3;;;/h11-12H,2-10H2,1H3,(H,14,15);2*2H2,1H3;3*1H3/q;2*-1;;;/p+2. The molecule has 0 aromatic heterocycles. The number of quaternary nitrogens is 3. The highest BCUT2D eigenvalue weighted by Crippen LogP contribution is 2.09. The van der Waals surface area contributed by atoms with Crippen LogP contribution in [-0.4, -0.2) is 19.2 Å². The molecule has 12 N–H and O–H groups in total. The van der Waals surface area contributed by atoms with E-state index in [1.54, 1.807) is 19.9 Å². The minimum Gasteiger partial charge on any atom is -0.855 e. The number of carbonyl (C=O) groups is 1. The molecule has 0 saturated carbocycles. The van der Waals surface area contributed by atoms with Gasteiger partial charge in [-0.1, -0.05) is 71.8 Å². The Morgan fingerprint density at radius 2 is 1.08 bits per heavy atom. The van der Waals surface area contributed by atoms with Crippen molar-refractivity contribution < 1.29 is 20.1 Å². The molecular weight excluding hydrogens is 310 g/mol. The fourth-order valence-electron chi connectivity index (χ4n) is 1.58. The first-order valence-electron chi connectivity index (χ1n) is 8.14. The first-order valence-corrected chi connectivity index (χ1v) is 8.14. The maximum Gasteiger partial charge on any atom is 0.0639 e. The lowest BCUT2D eigenvalue weighted by molar-refractivity contribution is -0.362. The SMILES string of the molecule is CCCCCCCCCCC=CC(=O)[O-].CC[O-].CC[O-].[NH4+].[NH4+].[NH4+]. The number of carbonyl (C=O) groups excluding carboxylic acids is 1. The van der Waals surface area contributed by atoms with Crippen LogP contribution >= 0.6 is 0 Å². The van der Waals surface area contributed by atoms with E-state index in [4.69, 9.17) is 10.2 Å². The maximum atomic E-state index is 10.0. The molecule has 0 spiro atoms. The molecule has 152 valence electrons. The van der Waals surface area contributed by atoms with Crippen LogP contribution in [0, 0.1) is 0 Å². The van der Waals surface area contributed by atoms with Gasteiger partial charge in [-0.3, -0.25) is 0 Å². The Bertz CT molecular complexity index is 214. The van der Waals surface area contributed by atoms with Crippen molar-refractivity contribution in [3.8, 4) is 0 Å². The Morgan fingerprint density at radius 3 is 1.42 bits per heavy atom.